The first kappa shape index (κ1) is 25.0. The average Bonchev–Trinajstić information content (AvgIpc) is 3.46. The van der Waals surface area contributed by atoms with Gasteiger partial charge in [0.15, 0.2) is 0 Å². The van der Waals surface area contributed by atoms with Crippen LogP contribution in [0.2, 0.25) is 0 Å². The van der Waals surface area contributed by atoms with Crippen LogP contribution in [0.15, 0.2) is 152 Å². The predicted molar refractivity (Wildman–Crippen MR) is 192 cm³/mol. The van der Waals surface area contributed by atoms with Crippen molar-refractivity contribution >= 4 is 62.0 Å². The maximum atomic E-state index is 6.81. The lowest BCUT2D eigenvalue weighted by Crippen LogP contribution is -2.61. The molecular weight excluding hydrogens is 575 g/mol. The third-order valence-corrected chi connectivity index (χ3v) is 10.0. The normalized spacial score (nSPS) is 13.4. The van der Waals surface area contributed by atoms with E-state index in [-0.39, 0.29) is 6.71 Å². The second kappa shape index (κ2) is 9.18. The Labute approximate surface area is 271 Å². The number of aromatic nitrogens is 1. The molecule has 4 nitrogen and oxygen atoms in total. The van der Waals surface area contributed by atoms with Crippen LogP contribution in [0.25, 0.3) is 38.6 Å². The van der Waals surface area contributed by atoms with E-state index in [1.54, 1.807) is 0 Å². The summed E-state index contributed by atoms with van der Waals surface area (Å²) in [5.74, 6) is 3.49. The highest BCUT2D eigenvalue weighted by molar-refractivity contribution is 7.00. The summed E-state index contributed by atoms with van der Waals surface area (Å²) in [6.45, 7) is 0.0250. The van der Waals surface area contributed by atoms with Crippen molar-refractivity contribution in [3.63, 3.8) is 0 Å². The molecule has 0 saturated heterocycles. The Morgan fingerprint density at radius 1 is 0.404 bits per heavy atom. The molecule has 47 heavy (non-hydrogen) atoms. The molecule has 3 aliphatic rings. The summed E-state index contributed by atoms with van der Waals surface area (Å²) >= 11 is 0. The molecule has 0 aliphatic carbocycles. The van der Waals surface area contributed by atoms with Gasteiger partial charge in [0, 0.05) is 39.0 Å². The average molecular weight is 600 g/mol. The van der Waals surface area contributed by atoms with E-state index in [0.717, 1.165) is 62.3 Å². The first-order valence-corrected chi connectivity index (χ1v) is 16.1. The number of nitrogens with zero attached hydrogens (tertiary/aromatic N) is 2. The third-order valence-electron chi connectivity index (χ3n) is 10.0. The number of ether oxygens (including phenoxy) is 2. The van der Waals surface area contributed by atoms with Crippen molar-refractivity contribution < 1.29 is 9.47 Å². The molecule has 0 amide bonds. The van der Waals surface area contributed by atoms with Crippen molar-refractivity contribution in [1.29, 1.82) is 0 Å². The second-order valence-electron chi connectivity index (χ2n) is 12.5. The maximum Gasteiger partial charge on any atom is 0.266 e. The molecule has 11 rings (SSSR count). The third kappa shape index (κ3) is 3.38. The zero-order valence-corrected chi connectivity index (χ0v) is 25.2. The fourth-order valence-corrected chi connectivity index (χ4v) is 8.09. The van der Waals surface area contributed by atoms with E-state index in [1.165, 1.54) is 32.7 Å². The van der Waals surface area contributed by atoms with Crippen LogP contribution >= 0.6 is 0 Å². The van der Waals surface area contributed by atoms with Crippen LogP contribution in [0.1, 0.15) is 0 Å². The van der Waals surface area contributed by atoms with Crippen LogP contribution in [0.4, 0.5) is 17.1 Å². The van der Waals surface area contributed by atoms with E-state index in [1.807, 2.05) is 0 Å². The van der Waals surface area contributed by atoms with Crippen LogP contribution in [0, 0.1) is 0 Å². The minimum Gasteiger partial charge on any atom is -0.458 e. The maximum absolute atomic E-state index is 6.81. The first-order chi connectivity index (χ1) is 23.3. The molecule has 3 aliphatic heterocycles. The van der Waals surface area contributed by atoms with E-state index in [2.05, 4.69) is 161 Å². The number of para-hydroxylation sites is 3. The molecule has 8 aromatic rings. The molecule has 1 aromatic heterocycles. The number of hydrogen-bond acceptors (Lipinski definition) is 3. The van der Waals surface area contributed by atoms with Gasteiger partial charge in [-0.3, -0.25) is 0 Å². The summed E-state index contributed by atoms with van der Waals surface area (Å²) in [5, 5.41) is 2.47. The number of fused-ring (bicyclic) bond motifs is 3. The van der Waals surface area contributed by atoms with Crippen LogP contribution in [0.5, 0.6) is 23.0 Å². The van der Waals surface area contributed by atoms with Crippen LogP contribution in [0.3, 0.4) is 0 Å². The monoisotopic (exact) mass is 600 g/mol. The van der Waals surface area contributed by atoms with E-state index in [9.17, 15) is 0 Å². The minimum atomic E-state index is 0.0250. The van der Waals surface area contributed by atoms with Crippen molar-refractivity contribution in [3.8, 4) is 39.8 Å². The summed E-state index contributed by atoms with van der Waals surface area (Å²) in [6, 6.07) is 53.8. The largest absolute Gasteiger partial charge is 0.458 e. The van der Waals surface area contributed by atoms with Crippen molar-refractivity contribution in [2.24, 2.45) is 0 Å². The zero-order chi connectivity index (χ0) is 30.6. The van der Waals surface area contributed by atoms with Gasteiger partial charge in [0.1, 0.15) is 23.0 Å². The van der Waals surface area contributed by atoms with Gasteiger partial charge >= 0.3 is 0 Å². The van der Waals surface area contributed by atoms with Crippen LogP contribution in [-0.4, -0.2) is 11.3 Å². The Bertz CT molecular complexity index is 2510. The Morgan fingerprint density at radius 3 is 1.68 bits per heavy atom. The minimum absolute atomic E-state index is 0.0250. The zero-order valence-electron chi connectivity index (χ0n) is 25.2. The van der Waals surface area contributed by atoms with E-state index in [4.69, 9.17) is 9.47 Å². The van der Waals surface area contributed by atoms with Crippen molar-refractivity contribution in [2.75, 3.05) is 4.90 Å². The smallest absolute Gasteiger partial charge is 0.266 e. The van der Waals surface area contributed by atoms with Crippen molar-refractivity contribution in [1.82, 2.24) is 4.57 Å². The van der Waals surface area contributed by atoms with Crippen LogP contribution < -0.4 is 30.8 Å². The Morgan fingerprint density at radius 2 is 1.00 bits per heavy atom. The molecule has 5 heteroatoms. The summed E-state index contributed by atoms with van der Waals surface area (Å²) < 4.78 is 16.0. The quantitative estimate of drug-likeness (QED) is 0.190. The summed E-state index contributed by atoms with van der Waals surface area (Å²) in [4.78, 5) is 2.34. The van der Waals surface area contributed by atoms with Gasteiger partial charge in [-0.15, -0.1) is 0 Å². The molecule has 0 unspecified atom stereocenters. The van der Waals surface area contributed by atoms with Gasteiger partial charge in [-0.2, -0.15) is 0 Å². The highest BCUT2D eigenvalue weighted by Crippen LogP contribution is 2.46. The van der Waals surface area contributed by atoms with Gasteiger partial charge in [-0.05, 0) is 94.8 Å². The van der Waals surface area contributed by atoms with Gasteiger partial charge in [-0.1, -0.05) is 78.9 Å². The van der Waals surface area contributed by atoms with Gasteiger partial charge < -0.3 is 18.9 Å². The van der Waals surface area contributed by atoms with Gasteiger partial charge in [0.2, 0.25) is 0 Å². The fourth-order valence-electron chi connectivity index (χ4n) is 8.09. The van der Waals surface area contributed by atoms with Gasteiger partial charge in [0.25, 0.3) is 6.71 Å². The lowest BCUT2D eigenvalue weighted by Gasteiger charge is -2.42. The van der Waals surface area contributed by atoms with E-state index in [0.29, 0.717) is 0 Å². The molecular formula is C42H25BN2O2. The summed E-state index contributed by atoms with van der Waals surface area (Å²) in [7, 11) is 0. The number of benzene rings is 7. The SMILES string of the molecule is c1ccc(N2c3cccc4c3B3c5c(cc(-c6ccc7c8ccccc8n(-c8ccccc8)c7c6)cc5Oc5cccc2c53)O4)cc1. The lowest BCUT2D eigenvalue weighted by atomic mass is 9.33. The Balaban J connectivity index is 1.12. The Hall–Kier alpha value is -6.20. The van der Waals surface area contributed by atoms with Gasteiger partial charge in [-0.25, -0.2) is 0 Å². The Kier molecular flexibility index (Phi) is 4.89. The molecule has 0 radical (unpaired) electrons. The molecule has 4 heterocycles. The molecule has 0 saturated carbocycles. The fraction of sp³-hybridized carbons (Fsp3) is 0. The molecule has 0 atom stereocenters. The highest BCUT2D eigenvalue weighted by Gasteiger charge is 2.47. The lowest BCUT2D eigenvalue weighted by molar-refractivity contribution is 0.464. The summed E-state index contributed by atoms with van der Waals surface area (Å²) in [6.07, 6.45) is 0. The summed E-state index contributed by atoms with van der Waals surface area (Å²) in [5.41, 5.74) is 12.6. The second-order valence-corrected chi connectivity index (χ2v) is 12.5. The molecule has 218 valence electrons. The van der Waals surface area contributed by atoms with Gasteiger partial charge in [0.05, 0.1) is 11.0 Å². The molecule has 0 fully saturated rings. The van der Waals surface area contributed by atoms with E-state index < -0.39 is 0 Å². The molecule has 0 spiro atoms. The molecule has 0 N–H and O–H groups in total. The standard InChI is InChI=1S/C42H25BN2O2/c1-3-11-28(12-4-1)44-32-16-8-7-15-30(32)31-22-21-26(23-35(31)44)27-24-38-42-39(25-27)47-37-20-10-18-34-41(37)43(42)40-33(17-9-19-36(40)46-38)45(34)29-13-5-2-6-14-29/h1-25H. The van der Waals surface area contributed by atoms with Crippen LogP contribution in [-0.2, 0) is 0 Å². The predicted octanol–water partition coefficient (Wildman–Crippen LogP) is 8.96. The van der Waals surface area contributed by atoms with E-state index >= 15 is 0 Å². The van der Waals surface area contributed by atoms with Crippen molar-refractivity contribution in [3.05, 3.63) is 152 Å². The van der Waals surface area contributed by atoms with Crippen molar-refractivity contribution in [2.45, 2.75) is 0 Å². The number of rotatable bonds is 3. The first-order valence-electron chi connectivity index (χ1n) is 16.1. The highest BCUT2D eigenvalue weighted by atomic mass is 16.5. The number of hydrogen-bond donors (Lipinski definition) is 0. The topological polar surface area (TPSA) is 26.6 Å². The molecule has 0 bridgehead atoms. The molecule has 7 aromatic carbocycles. The number of anilines is 3.